The van der Waals surface area contributed by atoms with Crippen LogP contribution in [0.25, 0.3) is 16.7 Å². The van der Waals surface area contributed by atoms with Crippen LogP contribution in [0.2, 0.25) is 0 Å². The van der Waals surface area contributed by atoms with Gasteiger partial charge in [-0.25, -0.2) is 9.67 Å². The maximum atomic E-state index is 13.2. The number of carbonyl (C=O) groups is 1. The Hall–Kier alpha value is -3.74. The number of rotatable bonds is 4. The van der Waals surface area contributed by atoms with Gasteiger partial charge in [-0.2, -0.15) is 5.10 Å². The molecule has 1 amide bonds. The molecule has 0 radical (unpaired) electrons. The van der Waals surface area contributed by atoms with Gasteiger partial charge in [-0.3, -0.25) is 9.78 Å². The largest absolute Gasteiger partial charge is 0.494 e. The van der Waals surface area contributed by atoms with Crippen LogP contribution in [-0.4, -0.2) is 32.8 Å². The summed E-state index contributed by atoms with van der Waals surface area (Å²) in [6, 6.07) is 13.3. The zero-order valence-corrected chi connectivity index (χ0v) is 16.7. The molecule has 0 unspecified atom stereocenters. The Labute approximate surface area is 168 Å². The van der Waals surface area contributed by atoms with Gasteiger partial charge in [0, 0.05) is 17.5 Å². The van der Waals surface area contributed by atoms with Crippen molar-refractivity contribution in [2.75, 3.05) is 12.4 Å². The van der Waals surface area contributed by atoms with E-state index in [1.54, 1.807) is 30.1 Å². The Bertz CT molecular complexity index is 1220. The number of nitrogens with one attached hydrogen (secondary N) is 1. The first-order chi connectivity index (χ1) is 14.0. The van der Waals surface area contributed by atoms with E-state index in [0.717, 1.165) is 28.2 Å². The van der Waals surface area contributed by atoms with Crippen LogP contribution >= 0.6 is 0 Å². The number of hydrogen-bond donors (Lipinski definition) is 1. The molecule has 0 bridgehead atoms. The first kappa shape index (κ1) is 18.6. The fourth-order valence-electron chi connectivity index (χ4n) is 3.33. The molecule has 0 aliphatic heterocycles. The van der Waals surface area contributed by atoms with Crippen LogP contribution in [0.3, 0.4) is 0 Å². The number of aryl methyl sites for hydroxylation is 3. The van der Waals surface area contributed by atoms with Crippen molar-refractivity contribution in [2.45, 2.75) is 20.8 Å². The number of pyridine rings is 2. The van der Waals surface area contributed by atoms with E-state index in [2.05, 4.69) is 20.4 Å². The first-order valence-corrected chi connectivity index (χ1v) is 9.22. The second-order valence-electron chi connectivity index (χ2n) is 6.82. The highest BCUT2D eigenvalue weighted by Gasteiger charge is 2.20. The highest BCUT2D eigenvalue weighted by Crippen LogP contribution is 2.28. The third-order valence-electron chi connectivity index (χ3n) is 4.66. The Morgan fingerprint density at radius 1 is 1.07 bits per heavy atom. The van der Waals surface area contributed by atoms with Crippen molar-refractivity contribution in [3.63, 3.8) is 0 Å². The molecule has 4 aromatic rings. The van der Waals surface area contributed by atoms with E-state index < -0.39 is 0 Å². The number of carbonyl (C=O) groups excluding carboxylic acids is 1. The molecule has 4 rings (SSSR count). The van der Waals surface area contributed by atoms with Crippen LogP contribution in [0.1, 0.15) is 27.4 Å². The molecule has 1 N–H and O–H groups in total. The smallest absolute Gasteiger partial charge is 0.256 e. The van der Waals surface area contributed by atoms with Crippen LogP contribution < -0.4 is 10.1 Å². The normalized spacial score (nSPS) is 10.9. The van der Waals surface area contributed by atoms with E-state index in [4.69, 9.17) is 4.74 Å². The Balaban J connectivity index is 1.82. The van der Waals surface area contributed by atoms with Gasteiger partial charge >= 0.3 is 0 Å². The number of fused-ring (bicyclic) bond motifs is 1. The number of nitrogens with zero attached hydrogens (tertiary/aromatic N) is 4. The molecule has 146 valence electrons. The molecule has 0 saturated heterocycles. The molecule has 29 heavy (non-hydrogen) atoms. The summed E-state index contributed by atoms with van der Waals surface area (Å²) in [7, 11) is 1.56. The summed E-state index contributed by atoms with van der Waals surface area (Å²) in [5, 5.41) is 8.26. The van der Waals surface area contributed by atoms with Crippen molar-refractivity contribution in [3.8, 4) is 11.4 Å². The van der Waals surface area contributed by atoms with Crippen LogP contribution in [0.4, 0.5) is 5.69 Å². The van der Waals surface area contributed by atoms with Crippen molar-refractivity contribution < 1.29 is 9.53 Å². The molecule has 0 spiro atoms. The molecule has 3 aromatic heterocycles. The highest BCUT2D eigenvalue weighted by molar-refractivity contribution is 6.13. The van der Waals surface area contributed by atoms with Crippen LogP contribution in [0, 0.1) is 20.8 Å². The quantitative estimate of drug-likeness (QED) is 0.572. The summed E-state index contributed by atoms with van der Waals surface area (Å²) in [5.74, 6) is 0.296. The number of anilines is 1. The summed E-state index contributed by atoms with van der Waals surface area (Å²) in [6.07, 6.45) is 1.59. The molecule has 0 aliphatic rings. The number of aromatic nitrogens is 4. The number of methoxy groups -OCH3 is 1. The van der Waals surface area contributed by atoms with Gasteiger partial charge in [0.2, 0.25) is 0 Å². The van der Waals surface area contributed by atoms with E-state index in [1.807, 2.05) is 51.1 Å². The summed E-state index contributed by atoms with van der Waals surface area (Å²) in [6.45, 7) is 5.61. The number of para-hydroxylation sites is 1. The van der Waals surface area contributed by atoms with E-state index in [1.165, 1.54) is 0 Å². The lowest BCUT2D eigenvalue weighted by atomic mass is 10.1. The molecule has 7 heteroatoms. The predicted molar refractivity (Wildman–Crippen MR) is 112 cm³/mol. The second kappa shape index (κ2) is 7.35. The standard InChI is InChI=1S/C22H21N5O2/c1-13-11-19(29-4)18(12-23-13)25-22(28)17-10-14(2)24-21-20(17)15(3)26-27(21)16-8-6-5-7-9-16/h5-12H,1-4H3,(H,25,28). The SMILES string of the molecule is COc1cc(C)ncc1NC(=O)c1cc(C)nc2c1c(C)nn2-c1ccccc1. The van der Waals surface area contributed by atoms with Gasteiger partial charge in [-0.1, -0.05) is 18.2 Å². The lowest BCUT2D eigenvalue weighted by Crippen LogP contribution is -2.14. The third-order valence-corrected chi connectivity index (χ3v) is 4.66. The zero-order valence-electron chi connectivity index (χ0n) is 16.7. The minimum absolute atomic E-state index is 0.264. The molecule has 0 aliphatic carbocycles. The lowest BCUT2D eigenvalue weighted by Gasteiger charge is -2.11. The molecule has 1 aromatic carbocycles. The second-order valence-corrected chi connectivity index (χ2v) is 6.82. The number of benzene rings is 1. The molecule has 7 nitrogen and oxygen atoms in total. The molecule has 0 fully saturated rings. The average Bonchev–Trinajstić information content (AvgIpc) is 3.05. The number of ether oxygens (including phenoxy) is 1. The van der Waals surface area contributed by atoms with Crippen molar-refractivity contribution >= 4 is 22.6 Å². The van der Waals surface area contributed by atoms with E-state index in [0.29, 0.717) is 22.6 Å². The van der Waals surface area contributed by atoms with Gasteiger partial charge in [0.15, 0.2) is 5.65 Å². The van der Waals surface area contributed by atoms with Gasteiger partial charge < -0.3 is 10.1 Å². The zero-order chi connectivity index (χ0) is 20.5. The first-order valence-electron chi connectivity index (χ1n) is 9.22. The van der Waals surface area contributed by atoms with E-state index in [9.17, 15) is 4.79 Å². The monoisotopic (exact) mass is 387 g/mol. The number of hydrogen-bond acceptors (Lipinski definition) is 5. The summed E-state index contributed by atoms with van der Waals surface area (Å²) in [5.41, 5.74) is 4.83. The van der Waals surface area contributed by atoms with Crippen LogP contribution in [0.15, 0.2) is 48.7 Å². The Kier molecular flexibility index (Phi) is 4.72. The molecule has 0 atom stereocenters. The molecular weight excluding hydrogens is 366 g/mol. The van der Waals surface area contributed by atoms with Crippen LogP contribution in [0.5, 0.6) is 5.75 Å². The summed E-state index contributed by atoms with van der Waals surface area (Å²) in [4.78, 5) is 22.1. The summed E-state index contributed by atoms with van der Waals surface area (Å²) < 4.78 is 7.14. The van der Waals surface area contributed by atoms with Crippen molar-refractivity contribution in [3.05, 3.63) is 71.3 Å². The van der Waals surface area contributed by atoms with Gasteiger partial charge in [-0.15, -0.1) is 0 Å². The van der Waals surface area contributed by atoms with E-state index >= 15 is 0 Å². The van der Waals surface area contributed by atoms with Crippen molar-refractivity contribution in [1.29, 1.82) is 0 Å². The fourth-order valence-corrected chi connectivity index (χ4v) is 3.33. The van der Waals surface area contributed by atoms with Gasteiger partial charge in [0.05, 0.1) is 35.6 Å². The van der Waals surface area contributed by atoms with Crippen molar-refractivity contribution in [1.82, 2.24) is 19.7 Å². The maximum absolute atomic E-state index is 13.2. The molecular formula is C22H21N5O2. The number of amides is 1. The minimum Gasteiger partial charge on any atom is -0.494 e. The topological polar surface area (TPSA) is 81.9 Å². The highest BCUT2D eigenvalue weighted by atomic mass is 16.5. The Morgan fingerprint density at radius 3 is 2.55 bits per heavy atom. The van der Waals surface area contributed by atoms with Gasteiger partial charge in [-0.05, 0) is 39.0 Å². The predicted octanol–water partition coefficient (Wildman–Crippen LogP) is 4.00. The van der Waals surface area contributed by atoms with E-state index in [-0.39, 0.29) is 5.91 Å². The van der Waals surface area contributed by atoms with Crippen molar-refractivity contribution in [2.24, 2.45) is 0 Å². The lowest BCUT2D eigenvalue weighted by molar-refractivity contribution is 0.102. The third kappa shape index (κ3) is 3.42. The summed E-state index contributed by atoms with van der Waals surface area (Å²) >= 11 is 0. The molecule has 0 saturated carbocycles. The van der Waals surface area contributed by atoms with Gasteiger partial charge in [0.25, 0.3) is 5.91 Å². The average molecular weight is 387 g/mol. The van der Waals surface area contributed by atoms with Gasteiger partial charge in [0.1, 0.15) is 11.4 Å². The minimum atomic E-state index is -0.264. The fraction of sp³-hybridized carbons (Fsp3) is 0.182. The maximum Gasteiger partial charge on any atom is 0.256 e. The molecule has 3 heterocycles. The Morgan fingerprint density at radius 2 is 1.83 bits per heavy atom. The van der Waals surface area contributed by atoms with Crippen LogP contribution in [-0.2, 0) is 0 Å².